The third kappa shape index (κ3) is 2.79. The Bertz CT molecular complexity index is 381. The molecule has 2 rings (SSSR count). The van der Waals surface area contributed by atoms with E-state index in [4.69, 9.17) is 9.52 Å². The maximum absolute atomic E-state index is 10.8. The minimum atomic E-state index is -0.681. The fourth-order valence-electron chi connectivity index (χ4n) is 2.15. The molecule has 0 aromatic carbocycles. The zero-order valence-electron chi connectivity index (χ0n) is 9.98. The number of nitrogens with one attached hydrogen (secondary N) is 1. The number of aliphatic carboxylic acids is 1. The van der Waals surface area contributed by atoms with Gasteiger partial charge >= 0.3 is 5.97 Å². The van der Waals surface area contributed by atoms with Crippen LogP contribution in [-0.4, -0.2) is 31.2 Å². The van der Waals surface area contributed by atoms with Crippen LogP contribution in [0.3, 0.4) is 0 Å². The van der Waals surface area contributed by atoms with Crippen molar-refractivity contribution in [2.45, 2.75) is 19.4 Å². The van der Waals surface area contributed by atoms with Gasteiger partial charge in [-0.15, -0.1) is 0 Å². The molecule has 0 bridgehead atoms. The summed E-state index contributed by atoms with van der Waals surface area (Å²) < 4.78 is 5.68. The van der Waals surface area contributed by atoms with Crippen molar-refractivity contribution >= 4 is 11.9 Å². The van der Waals surface area contributed by atoms with Crippen molar-refractivity contribution in [1.82, 2.24) is 5.32 Å². The fourth-order valence-corrected chi connectivity index (χ4v) is 2.15. The van der Waals surface area contributed by atoms with Gasteiger partial charge in [0.2, 0.25) is 0 Å². The Labute approximate surface area is 100 Å². The van der Waals surface area contributed by atoms with E-state index >= 15 is 0 Å². The van der Waals surface area contributed by atoms with Crippen LogP contribution in [0.15, 0.2) is 16.5 Å². The number of hydrogen-bond donors (Lipinski definition) is 2. The first-order valence-electron chi connectivity index (χ1n) is 5.92. The molecule has 1 saturated heterocycles. The predicted molar refractivity (Wildman–Crippen MR) is 64.0 cm³/mol. The molecule has 1 aromatic rings. The Balaban J connectivity index is 1.93. The monoisotopic (exact) mass is 238 g/mol. The third-order valence-electron chi connectivity index (χ3n) is 3.15. The van der Waals surface area contributed by atoms with Crippen molar-refractivity contribution in [3.05, 3.63) is 17.9 Å². The third-order valence-corrected chi connectivity index (χ3v) is 3.15. The number of nitrogens with zero attached hydrogens (tertiary/aromatic N) is 1. The highest BCUT2D eigenvalue weighted by Gasteiger charge is 2.25. The van der Waals surface area contributed by atoms with Crippen LogP contribution in [0.4, 0.5) is 5.88 Å². The summed E-state index contributed by atoms with van der Waals surface area (Å²) in [6.45, 7) is 2.22. The summed E-state index contributed by atoms with van der Waals surface area (Å²) in [4.78, 5) is 12.9. The Morgan fingerprint density at radius 3 is 2.82 bits per heavy atom. The normalized spacial score (nSPS) is 17.4. The number of anilines is 1. The summed E-state index contributed by atoms with van der Waals surface area (Å²) in [5.41, 5.74) is 0. The number of carboxylic acid groups (broad SMARTS) is 1. The first-order valence-corrected chi connectivity index (χ1v) is 5.92. The van der Waals surface area contributed by atoms with Crippen LogP contribution in [0.1, 0.15) is 18.6 Å². The Morgan fingerprint density at radius 2 is 2.24 bits per heavy atom. The van der Waals surface area contributed by atoms with E-state index in [0.29, 0.717) is 19.4 Å². The average Bonchev–Trinajstić information content (AvgIpc) is 2.78. The molecule has 1 fully saturated rings. The van der Waals surface area contributed by atoms with Gasteiger partial charge < -0.3 is 19.7 Å². The second kappa shape index (κ2) is 5.23. The minimum Gasteiger partial charge on any atom is -0.481 e. The number of piperidine rings is 1. The highest BCUT2D eigenvalue weighted by Crippen LogP contribution is 2.25. The molecule has 17 heavy (non-hydrogen) atoms. The lowest BCUT2D eigenvalue weighted by Crippen LogP contribution is -2.36. The summed E-state index contributed by atoms with van der Waals surface area (Å²) in [6.07, 6.45) is 1.38. The topological polar surface area (TPSA) is 65.7 Å². The zero-order chi connectivity index (χ0) is 12.3. The molecule has 0 atom stereocenters. The largest absolute Gasteiger partial charge is 0.481 e. The standard InChI is InChI=1S/C12H18N2O3/c1-13-8-10-2-3-11(17-10)14-6-4-9(5-7-14)12(15)16/h2-3,9,13H,4-8H2,1H3,(H,15,16). The molecule has 2 heterocycles. The molecular weight excluding hydrogens is 220 g/mol. The van der Waals surface area contributed by atoms with Crippen LogP contribution in [-0.2, 0) is 11.3 Å². The Kier molecular flexibility index (Phi) is 3.68. The van der Waals surface area contributed by atoms with Gasteiger partial charge in [0.25, 0.3) is 0 Å². The van der Waals surface area contributed by atoms with Gasteiger partial charge in [-0.05, 0) is 26.0 Å². The van der Waals surface area contributed by atoms with Gasteiger partial charge in [-0.25, -0.2) is 0 Å². The van der Waals surface area contributed by atoms with Crippen molar-refractivity contribution in [1.29, 1.82) is 0 Å². The van der Waals surface area contributed by atoms with E-state index in [9.17, 15) is 4.79 Å². The highest BCUT2D eigenvalue weighted by molar-refractivity contribution is 5.70. The Morgan fingerprint density at radius 1 is 1.53 bits per heavy atom. The second-order valence-corrected chi connectivity index (χ2v) is 4.37. The second-order valence-electron chi connectivity index (χ2n) is 4.37. The number of carboxylic acids is 1. The van der Waals surface area contributed by atoms with Crippen LogP contribution in [0, 0.1) is 5.92 Å². The molecule has 5 nitrogen and oxygen atoms in total. The van der Waals surface area contributed by atoms with Crippen molar-refractivity contribution in [2.75, 3.05) is 25.0 Å². The molecule has 1 aliphatic rings. The number of carbonyl (C=O) groups is 1. The van der Waals surface area contributed by atoms with Crippen molar-refractivity contribution in [3.63, 3.8) is 0 Å². The molecule has 2 N–H and O–H groups in total. The summed E-state index contributed by atoms with van der Waals surface area (Å²) in [7, 11) is 1.88. The molecule has 0 aliphatic carbocycles. The summed E-state index contributed by atoms with van der Waals surface area (Å²) >= 11 is 0. The summed E-state index contributed by atoms with van der Waals surface area (Å²) in [5.74, 6) is 0.875. The molecule has 94 valence electrons. The van der Waals surface area contributed by atoms with Gasteiger partial charge in [-0.2, -0.15) is 0 Å². The van der Waals surface area contributed by atoms with E-state index < -0.39 is 5.97 Å². The van der Waals surface area contributed by atoms with Gasteiger partial charge in [0.05, 0.1) is 12.5 Å². The molecule has 1 aliphatic heterocycles. The van der Waals surface area contributed by atoms with Crippen LogP contribution in [0.2, 0.25) is 0 Å². The molecule has 0 unspecified atom stereocenters. The van der Waals surface area contributed by atoms with Crippen LogP contribution < -0.4 is 10.2 Å². The van der Waals surface area contributed by atoms with E-state index in [-0.39, 0.29) is 5.92 Å². The minimum absolute atomic E-state index is 0.196. The number of hydrogen-bond acceptors (Lipinski definition) is 4. The zero-order valence-corrected chi connectivity index (χ0v) is 9.98. The molecule has 0 spiro atoms. The number of furan rings is 1. The average molecular weight is 238 g/mol. The van der Waals surface area contributed by atoms with E-state index in [1.54, 1.807) is 0 Å². The van der Waals surface area contributed by atoms with E-state index in [1.807, 2.05) is 19.2 Å². The van der Waals surface area contributed by atoms with Gasteiger partial charge in [0.1, 0.15) is 5.76 Å². The van der Waals surface area contributed by atoms with E-state index in [2.05, 4.69) is 10.2 Å². The first-order chi connectivity index (χ1) is 8.20. The summed E-state index contributed by atoms with van der Waals surface area (Å²) in [6, 6.07) is 3.91. The van der Waals surface area contributed by atoms with Crippen LogP contribution in [0.5, 0.6) is 0 Å². The number of rotatable bonds is 4. The lowest BCUT2D eigenvalue weighted by atomic mass is 9.97. The van der Waals surface area contributed by atoms with Gasteiger partial charge in [0, 0.05) is 19.2 Å². The van der Waals surface area contributed by atoms with E-state index in [0.717, 1.165) is 24.7 Å². The molecule has 1 aromatic heterocycles. The Hall–Kier alpha value is -1.49. The molecule has 5 heteroatoms. The predicted octanol–water partition coefficient (Wildman–Crippen LogP) is 1.30. The van der Waals surface area contributed by atoms with Crippen molar-refractivity contribution in [2.24, 2.45) is 5.92 Å². The van der Waals surface area contributed by atoms with Gasteiger partial charge in [0.15, 0.2) is 5.88 Å². The molecule has 0 radical (unpaired) electrons. The fraction of sp³-hybridized carbons (Fsp3) is 0.583. The smallest absolute Gasteiger partial charge is 0.306 e. The van der Waals surface area contributed by atoms with E-state index in [1.165, 1.54) is 0 Å². The maximum atomic E-state index is 10.8. The highest BCUT2D eigenvalue weighted by atomic mass is 16.4. The van der Waals surface area contributed by atoms with Gasteiger partial charge in [-0.1, -0.05) is 0 Å². The molecule has 0 amide bonds. The summed E-state index contributed by atoms with van der Waals surface area (Å²) in [5, 5.41) is 12.0. The lowest BCUT2D eigenvalue weighted by Gasteiger charge is -2.29. The van der Waals surface area contributed by atoms with Crippen LogP contribution in [0.25, 0.3) is 0 Å². The van der Waals surface area contributed by atoms with Crippen molar-refractivity contribution < 1.29 is 14.3 Å². The van der Waals surface area contributed by atoms with Gasteiger partial charge in [-0.3, -0.25) is 4.79 Å². The van der Waals surface area contributed by atoms with Crippen LogP contribution >= 0.6 is 0 Å². The quantitative estimate of drug-likeness (QED) is 0.827. The molecular formula is C12H18N2O3. The lowest BCUT2D eigenvalue weighted by molar-refractivity contribution is -0.142. The first kappa shape index (κ1) is 12.0. The molecule has 0 saturated carbocycles. The van der Waals surface area contributed by atoms with Crippen molar-refractivity contribution in [3.8, 4) is 0 Å². The SMILES string of the molecule is CNCc1ccc(N2CCC(C(=O)O)CC2)o1. The maximum Gasteiger partial charge on any atom is 0.306 e.